The van der Waals surface area contributed by atoms with Crippen LogP contribution in [0.1, 0.15) is 23.3 Å². The molecule has 0 saturated heterocycles. The van der Waals surface area contributed by atoms with E-state index in [9.17, 15) is 0 Å². The van der Waals surface area contributed by atoms with Crippen LogP contribution in [0.2, 0.25) is 0 Å². The van der Waals surface area contributed by atoms with Gasteiger partial charge in [-0.25, -0.2) is 9.97 Å². The van der Waals surface area contributed by atoms with Crippen LogP contribution in [-0.2, 0) is 12.8 Å². The molecule has 0 aromatic carbocycles. The molecule has 2 nitrogen and oxygen atoms in total. The van der Waals surface area contributed by atoms with E-state index in [-0.39, 0.29) is 0 Å². The van der Waals surface area contributed by atoms with E-state index in [0.717, 1.165) is 5.03 Å². The number of aryl methyl sites for hydroxylation is 2. The first-order valence-electron chi connectivity index (χ1n) is 5.19. The molecule has 0 saturated carbocycles. The Kier molecular flexibility index (Phi) is 2.41. The lowest BCUT2D eigenvalue weighted by Crippen LogP contribution is -1.98. The second kappa shape index (κ2) is 3.76. The average molecular weight is 236 g/mol. The zero-order valence-corrected chi connectivity index (χ0v) is 10.2. The van der Waals surface area contributed by atoms with E-state index in [0.29, 0.717) is 0 Å². The molecule has 1 aliphatic carbocycles. The van der Waals surface area contributed by atoms with Gasteiger partial charge in [0.15, 0.2) is 0 Å². The lowest BCUT2D eigenvalue weighted by molar-refractivity contribution is 0.699. The summed E-state index contributed by atoms with van der Waals surface area (Å²) in [7, 11) is 0. The second-order valence-electron chi connectivity index (χ2n) is 3.77. The van der Waals surface area contributed by atoms with Crippen LogP contribution in [0.5, 0.6) is 0 Å². The van der Waals surface area contributed by atoms with E-state index in [1.165, 1.54) is 41.5 Å². The number of hydrogen-bond acceptors (Lipinski definition) is 4. The third-order valence-electron chi connectivity index (χ3n) is 2.91. The third kappa shape index (κ3) is 1.47. The fourth-order valence-electron chi connectivity index (χ4n) is 2.22. The molecule has 0 bridgehead atoms. The fourth-order valence-corrected chi connectivity index (χ4v) is 4.09. The van der Waals surface area contributed by atoms with Crippen molar-refractivity contribution in [2.75, 3.05) is 6.26 Å². The van der Waals surface area contributed by atoms with E-state index in [1.54, 1.807) is 23.0 Å². The van der Waals surface area contributed by atoms with Gasteiger partial charge in [0.2, 0.25) is 0 Å². The van der Waals surface area contributed by atoms with Gasteiger partial charge in [0, 0.05) is 10.3 Å². The number of rotatable bonds is 1. The molecule has 0 amide bonds. The van der Waals surface area contributed by atoms with Gasteiger partial charge in [-0.15, -0.1) is 23.1 Å². The van der Waals surface area contributed by atoms with Gasteiger partial charge in [-0.3, -0.25) is 0 Å². The summed E-state index contributed by atoms with van der Waals surface area (Å²) in [5, 5.41) is 2.49. The van der Waals surface area contributed by atoms with Gasteiger partial charge >= 0.3 is 0 Å². The second-order valence-corrected chi connectivity index (χ2v) is 5.65. The van der Waals surface area contributed by atoms with Crippen molar-refractivity contribution < 1.29 is 0 Å². The van der Waals surface area contributed by atoms with E-state index in [1.807, 2.05) is 11.3 Å². The summed E-state index contributed by atoms with van der Waals surface area (Å²) in [6.45, 7) is 0. The highest BCUT2D eigenvalue weighted by Gasteiger charge is 2.19. The zero-order valence-electron chi connectivity index (χ0n) is 8.62. The predicted octanol–water partition coefficient (Wildman–Crippen LogP) is 3.29. The highest BCUT2D eigenvalue weighted by atomic mass is 32.2. The molecular formula is C11H12N2S2. The number of thiophene rings is 1. The summed E-state index contributed by atoms with van der Waals surface area (Å²) in [5.41, 5.74) is 1.53. The maximum absolute atomic E-state index is 4.39. The molecule has 0 unspecified atom stereocenters. The molecule has 2 aromatic heterocycles. The first-order valence-corrected chi connectivity index (χ1v) is 7.23. The van der Waals surface area contributed by atoms with Crippen molar-refractivity contribution in [3.63, 3.8) is 0 Å². The van der Waals surface area contributed by atoms with Crippen LogP contribution >= 0.6 is 23.1 Å². The highest BCUT2D eigenvalue weighted by molar-refractivity contribution is 7.98. The van der Waals surface area contributed by atoms with Crippen LogP contribution in [0.25, 0.3) is 10.2 Å². The molecular weight excluding hydrogens is 224 g/mol. The number of nitrogens with zero attached hydrogens (tertiary/aromatic N) is 2. The Labute approximate surface area is 97.1 Å². The zero-order chi connectivity index (χ0) is 10.3. The summed E-state index contributed by atoms with van der Waals surface area (Å²) >= 11 is 3.60. The van der Waals surface area contributed by atoms with Crippen molar-refractivity contribution in [2.45, 2.75) is 30.7 Å². The van der Waals surface area contributed by atoms with Gasteiger partial charge in [-0.1, -0.05) is 0 Å². The minimum atomic E-state index is 1.15. The first-order chi connectivity index (χ1) is 7.40. The number of aromatic nitrogens is 2. The third-order valence-corrected chi connectivity index (χ3v) is 4.81. The maximum atomic E-state index is 4.39. The van der Waals surface area contributed by atoms with Crippen molar-refractivity contribution in [3.8, 4) is 0 Å². The molecule has 2 heterocycles. The Morgan fingerprint density at radius 1 is 1.27 bits per heavy atom. The summed E-state index contributed by atoms with van der Waals surface area (Å²) in [6, 6.07) is 0. The average Bonchev–Trinajstić information content (AvgIpc) is 2.67. The Hall–Kier alpha value is -0.610. The highest BCUT2D eigenvalue weighted by Crippen LogP contribution is 2.38. The molecule has 0 N–H and O–H groups in total. The maximum Gasteiger partial charge on any atom is 0.128 e. The number of hydrogen-bond donors (Lipinski definition) is 0. The molecule has 2 aromatic rings. The summed E-state index contributed by atoms with van der Waals surface area (Å²) in [5.74, 6) is 0. The van der Waals surface area contributed by atoms with E-state index >= 15 is 0 Å². The first kappa shape index (κ1) is 9.60. The van der Waals surface area contributed by atoms with E-state index < -0.39 is 0 Å². The summed E-state index contributed by atoms with van der Waals surface area (Å²) in [6.07, 6.45) is 8.90. The topological polar surface area (TPSA) is 25.8 Å². The Morgan fingerprint density at radius 3 is 3.00 bits per heavy atom. The van der Waals surface area contributed by atoms with Gasteiger partial charge in [0.05, 0.1) is 0 Å². The molecule has 78 valence electrons. The van der Waals surface area contributed by atoms with Gasteiger partial charge in [-0.05, 0) is 37.5 Å². The lowest BCUT2D eigenvalue weighted by Gasteiger charge is -2.10. The number of thioether (sulfide) groups is 1. The van der Waals surface area contributed by atoms with E-state index in [4.69, 9.17) is 0 Å². The molecule has 0 radical (unpaired) electrons. The van der Waals surface area contributed by atoms with Crippen LogP contribution in [-0.4, -0.2) is 16.2 Å². The SMILES string of the molecule is CSc1ncnc2sc3c(c12)CCCC3. The molecule has 0 fully saturated rings. The minimum absolute atomic E-state index is 1.15. The summed E-state index contributed by atoms with van der Waals surface area (Å²) in [4.78, 5) is 11.5. The number of fused-ring (bicyclic) bond motifs is 3. The van der Waals surface area contributed by atoms with Gasteiger partial charge in [0.25, 0.3) is 0 Å². The monoisotopic (exact) mass is 236 g/mol. The summed E-state index contributed by atoms with van der Waals surface area (Å²) < 4.78 is 0. The minimum Gasteiger partial charge on any atom is -0.229 e. The van der Waals surface area contributed by atoms with Gasteiger partial charge in [-0.2, -0.15) is 0 Å². The molecule has 0 spiro atoms. The Balaban J connectivity index is 2.33. The molecule has 3 rings (SSSR count). The molecule has 0 atom stereocenters. The van der Waals surface area contributed by atoms with Crippen molar-refractivity contribution in [1.82, 2.24) is 9.97 Å². The van der Waals surface area contributed by atoms with Gasteiger partial charge in [0.1, 0.15) is 16.2 Å². The van der Waals surface area contributed by atoms with E-state index in [2.05, 4.69) is 16.2 Å². The smallest absolute Gasteiger partial charge is 0.128 e. The van der Waals surface area contributed by atoms with Crippen LogP contribution < -0.4 is 0 Å². The molecule has 15 heavy (non-hydrogen) atoms. The molecule has 0 aliphatic heterocycles. The predicted molar refractivity (Wildman–Crippen MR) is 65.8 cm³/mol. The molecule has 1 aliphatic rings. The Bertz CT molecular complexity index is 505. The lowest BCUT2D eigenvalue weighted by atomic mass is 9.97. The van der Waals surface area contributed by atoms with Crippen molar-refractivity contribution in [1.29, 1.82) is 0 Å². The van der Waals surface area contributed by atoms with Crippen LogP contribution in [0.3, 0.4) is 0 Å². The van der Waals surface area contributed by atoms with Crippen molar-refractivity contribution >= 4 is 33.3 Å². The quantitative estimate of drug-likeness (QED) is 0.561. The van der Waals surface area contributed by atoms with Crippen molar-refractivity contribution in [2.24, 2.45) is 0 Å². The standard InChI is InChI=1S/C11H12N2S2/c1-14-10-9-7-4-2-3-5-8(7)15-11(9)13-6-12-10/h6H,2-5H2,1H3. The molecule has 4 heteroatoms. The van der Waals surface area contributed by atoms with Crippen LogP contribution in [0, 0.1) is 0 Å². The normalized spacial score (nSPS) is 15.5. The largest absolute Gasteiger partial charge is 0.229 e. The Morgan fingerprint density at radius 2 is 2.13 bits per heavy atom. The van der Waals surface area contributed by atoms with Gasteiger partial charge < -0.3 is 0 Å². The fraction of sp³-hybridized carbons (Fsp3) is 0.455. The van der Waals surface area contributed by atoms with Crippen molar-refractivity contribution in [3.05, 3.63) is 16.8 Å². The van der Waals surface area contributed by atoms with Crippen LogP contribution in [0.4, 0.5) is 0 Å². The van der Waals surface area contributed by atoms with Crippen LogP contribution in [0.15, 0.2) is 11.4 Å².